The molecule has 2 aliphatic heterocycles. The molecule has 10 heteroatoms. The van der Waals surface area contributed by atoms with Crippen LogP contribution in [-0.2, 0) is 0 Å². The molecule has 4 N–H and O–H groups in total. The average Bonchev–Trinajstić information content (AvgIpc) is 3.79. The van der Waals surface area contributed by atoms with Crippen LogP contribution in [0, 0.1) is 0 Å². The molecule has 10 nitrogen and oxygen atoms in total. The number of nitrogens with one attached hydrogen (secondary N) is 2. The van der Waals surface area contributed by atoms with Gasteiger partial charge in [0, 0.05) is 67.3 Å². The molecular weight excluding hydrogens is 588 g/mol. The van der Waals surface area contributed by atoms with Crippen LogP contribution in [0.25, 0.3) is 0 Å². The summed E-state index contributed by atoms with van der Waals surface area (Å²) in [6.45, 7) is 8.41. The molecule has 2 saturated heterocycles. The first-order chi connectivity index (χ1) is 22.8. The Bertz CT molecular complexity index is 1570. The molecule has 0 bridgehead atoms. The fourth-order valence-corrected chi connectivity index (χ4v) is 7.86. The molecule has 2 amide bonds. The van der Waals surface area contributed by atoms with Crippen molar-refractivity contribution in [3.05, 3.63) is 71.5 Å². The van der Waals surface area contributed by atoms with E-state index in [1.807, 2.05) is 24.3 Å². The number of rotatable bonds is 9. The maximum absolute atomic E-state index is 13.2. The van der Waals surface area contributed by atoms with Crippen LogP contribution in [0.4, 0.5) is 23.0 Å². The van der Waals surface area contributed by atoms with Gasteiger partial charge in [0.05, 0.1) is 6.20 Å². The SMILES string of the molecule is C[C@@H]1[C@H](NC(=O)c2ccc(C3CC3)cc2)CCCN1c1cnc(C(N)=O)c(Nc2ccc(N3CCN(C4CCCC4)C[C@@H]3C)cc2)n1. The van der Waals surface area contributed by atoms with Gasteiger partial charge in [0.1, 0.15) is 5.82 Å². The van der Waals surface area contributed by atoms with E-state index in [1.165, 1.54) is 49.8 Å². The predicted molar refractivity (Wildman–Crippen MR) is 187 cm³/mol. The summed E-state index contributed by atoms with van der Waals surface area (Å²) < 4.78 is 0. The van der Waals surface area contributed by atoms with Crippen molar-refractivity contribution in [1.29, 1.82) is 0 Å². The highest BCUT2D eigenvalue weighted by Crippen LogP contribution is 2.40. The van der Waals surface area contributed by atoms with Gasteiger partial charge in [-0.1, -0.05) is 25.0 Å². The van der Waals surface area contributed by atoms with Gasteiger partial charge in [-0.05, 0) is 100 Å². The van der Waals surface area contributed by atoms with E-state index in [1.54, 1.807) is 6.20 Å². The van der Waals surface area contributed by atoms with E-state index < -0.39 is 5.91 Å². The Balaban J connectivity index is 1.02. The fourth-order valence-electron chi connectivity index (χ4n) is 7.86. The number of benzene rings is 2. The number of nitrogens with zero attached hydrogens (tertiary/aromatic N) is 5. The number of anilines is 4. The van der Waals surface area contributed by atoms with Crippen LogP contribution < -0.4 is 26.2 Å². The number of aromatic nitrogens is 2. The van der Waals surface area contributed by atoms with Crippen molar-refractivity contribution < 1.29 is 9.59 Å². The highest BCUT2D eigenvalue weighted by atomic mass is 16.2. The Morgan fingerprint density at radius 1 is 0.851 bits per heavy atom. The molecule has 3 atom stereocenters. The summed E-state index contributed by atoms with van der Waals surface area (Å²) in [4.78, 5) is 42.2. The Labute approximate surface area is 278 Å². The summed E-state index contributed by atoms with van der Waals surface area (Å²) in [7, 11) is 0. The lowest BCUT2D eigenvalue weighted by atomic mass is 9.97. The maximum Gasteiger partial charge on any atom is 0.271 e. The number of carbonyl (C=O) groups excluding carboxylic acids is 2. The third kappa shape index (κ3) is 6.93. The van der Waals surface area contributed by atoms with Gasteiger partial charge in [0.15, 0.2) is 11.5 Å². The molecule has 1 aromatic heterocycles. The molecule has 0 spiro atoms. The summed E-state index contributed by atoms with van der Waals surface area (Å²) >= 11 is 0. The van der Waals surface area contributed by atoms with Crippen molar-refractivity contribution in [1.82, 2.24) is 20.2 Å². The number of hydrogen-bond acceptors (Lipinski definition) is 8. The monoisotopic (exact) mass is 636 g/mol. The molecular formula is C37H48N8O2. The molecule has 0 radical (unpaired) electrons. The third-order valence-electron chi connectivity index (χ3n) is 10.8. The molecule has 3 aromatic rings. The van der Waals surface area contributed by atoms with Gasteiger partial charge in [-0.3, -0.25) is 14.5 Å². The molecule has 2 aliphatic carbocycles. The average molecular weight is 637 g/mol. The second-order valence-electron chi connectivity index (χ2n) is 14.0. The minimum atomic E-state index is -0.637. The normalized spacial score (nSPS) is 23.9. The summed E-state index contributed by atoms with van der Waals surface area (Å²) in [5.41, 5.74) is 9.83. The Morgan fingerprint density at radius 2 is 1.60 bits per heavy atom. The van der Waals surface area contributed by atoms with Gasteiger partial charge in [0.2, 0.25) is 0 Å². The third-order valence-corrected chi connectivity index (χ3v) is 10.8. The van der Waals surface area contributed by atoms with Gasteiger partial charge in [-0.15, -0.1) is 0 Å². The van der Waals surface area contributed by atoms with Crippen molar-refractivity contribution in [3.63, 3.8) is 0 Å². The van der Waals surface area contributed by atoms with Gasteiger partial charge >= 0.3 is 0 Å². The van der Waals surface area contributed by atoms with Crippen LogP contribution in [0.15, 0.2) is 54.7 Å². The van der Waals surface area contributed by atoms with Crippen LogP contribution in [0.2, 0.25) is 0 Å². The van der Waals surface area contributed by atoms with Crippen molar-refractivity contribution in [2.45, 2.75) is 95.3 Å². The van der Waals surface area contributed by atoms with Gasteiger partial charge < -0.3 is 26.2 Å². The van der Waals surface area contributed by atoms with Crippen molar-refractivity contribution in [3.8, 4) is 0 Å². The molecule has 3 heterocycles. The predicted octanol–water partition coefficient (Wildman–Crippen LogP) is 5.44. The van der Waals surface area contributed by atoms with Crippen molar-refractivity contribution in [2.24, 2.45) is 5.73 Å². The van der Waals surface area contributed by atoms with E-state index >= 15 is 0 Å². The van der Waals surface area contributed by atoms with Crippen LogP contribution in [0.3, 0.4) is 0 Å². The molecule has 4 aliphatic rings. The second-order valence-corrected chi connectivity index (χ2v) is 14.0. The summed E-state index contributed by atoms with van der Waals surface area (Å²) in [6, 6.07) is 17.5. The largest absolute Gasteiger partial charge is 0.366 e. The fraction of sp³-hybridized carbons (Fsp3) is 0.514. The minimum absolute atomic E-state index is 0.0181. The first-order valence-electron chi connectivity index (χ1n) is 17.6. The van der Waals surface area contributed by atoms with Gasteiger partial charge in [-0.25, -0.2) is 9.97 Å². The lowest BCUT2D eigenvalue weighted by Gasteiger charge is -2.43. The quantitative estimate of drug-likeness (QED) is 0.284. The Morgan fingerprint density at radius 3 is 2.28 bits per heavy atom. The minimum Gasteiger partial charge on any atom is -0.366 e. The standard InChI is InChI=1S/C37H48N8O2/c1-24-23-43(30-6-3-4-7-30)20-21-44(24)31-17-15-29(16-18-31)40-36-34(35(38)46)39-22-33(42-36)45-19-5-8-32(25(45)2)41-37(47)28-13-11-27(12-14-28)26-9-10-26/h11-18,22,24-26,30,32H,3-10,19-21,23H2,1-2H3,(H2,38,46)(H,40,42)(H,41,47)/t24-,25+,32+/m0/s1. The molecule has 47 heavy (non-hydrogen) atoms. The number of nitrogens with two attached hydrogens (primary N) is 1. The van der Waals surface area contributed by atoms with E-state index in [0.717, 1.165) is 50.7 Å². The first-order valence-corrected chi connectivity index (χ1v) is 17.6. The zero-order valence-corrected chi connectivity index (χ0v) is 27.7. The van der Waals surface area contributed by atoms with Crippen molar-refractivity contribution in [2.75, 3.05) is 41.3 Å². The van der Waals surface area contributed by atoms with E-state index in [2.05, 4.69) is 68.4 Å². The number of piperazine rings is 1. The molecule has 4 fully saturated rings. The number of hydrogen-bond donors (Lipinski definition) is 3. The van der Waals surface area contributed by atoms with Gasteiger partial charge in [-0.2, -0.15) is 0 Å². The maximum atomic E-state index is 13.2. The lowest BCUT2D eigenvalue weighted by molar-refractivity contribution is 0.0923. The Hall–Kier alpha value is -4.18. The van der Waals surface area contributed by atoms with Crippen LogP contribution in [0.5, 0.6) is 0 Å². The highest BCUT2D eigenvalue weighted by Gasteiger charge is 2.32. The Kier molecular flexibility index (Phi) is 9.03. The molecule has 248 valence electrons. The van der Waals surface area contributed by atoms with Crippen LogP contribution >= 0.6 is 0 Å². The van der Waals surface area contributed by atoms with E-state index in [4.69, 9.17) is 10.7 Å². The lowest BCUT2D eigenvalue weighted by Crippen LogP contribution is -2.54. The van der Waals surface area contributed by atoms with Gasteiger partial charge in [0.25, 0.3) is 11.8 Å². The smallest absolute Gasteiger partial charge is 0.271 e. The van der Waals surface area contributed by atoms with E-state index in [9.17, 15) is 9.59 Å². The van der Waals surface area contributed by atoms with Crippen LogP contribution in [-0.4, -0.2) is 77.0 Å². The number of carbonyl (C=O) groups is 2. The van der Waals surface area contributed by atoms with E-state index in [0.29, 0.717) is 29.2 Å². The zero-order chi connectivity index (χ0) is 32.5. The molecule has 7 rings (SSSR count). The number of amides is 2. The first kappa shape index (κ1) is 31.4. The topological polar surface area (TPSA) is 120 Å². The van der Waals surface area contributed by atoms with Crippen molar-refractivity contribution >= 4 is 34.8 Å². The summed E-state index contributed by atoms with van der Waals surface area (Å²) in [5.74, 6) is 0.938. The molecule has 2 aromatic carbocycles. The zero-order valence-electron chi connectivity index (χ0n) is 27.7. The summed E-state index contributed by atoms with van der Waals surface area (Å²) in [6.07, 6.45) is 11.3. The summed E-state index contributed by atoms with van der Waals surface area (Å²) in [5, 5.41) is 6.58. The number of primary amides is 1. The molecule has 2 saturated carbocycles. The highest BCUT2D eigenvalue weighted by molar-refractivity contribution is 5.96. The molecule has 0 unspecified atom stereocenters. The van der Waals surface area contributed by atoms with E-state index in [-0.39, 0.29) is 23.7 Å². The second kappa shape index (κ2) is 13.5. The van der Waals surface area contributed by atoms with Crippen LogP contribution in [0.1, 0.15) is 97.5 Å². The number of piperidine rings is 1.